The summed E-state index contributed by atoms with van der Waals surface area (Å²) in [5.41, 5.74) is 1.21. The van der Waals surface area contributed by atoms with Gasteiger partial charge in [0.05, 0.1) is 6.61 Å². The van der Waals surface area contributed by atoms with Crippen LogP contribution in [0.1, 0.15) is 32.8 Å². The zero-order valence-electron chi connectivity index (χ0n) is 12.4. The first-order valence-corrected chi connectivity index (χ1v) is 7.23. The molecule has 0 aliphatic heterocycles. The van der Waals surface area contributed by atoms with Gasteiger partial charge < -0.3 is 14.8 Å². The molecular weight excluding hydrogens is 238 g/mol. The molecule has 108 valence electrons. The van der Waals surface area contributed by atoms with E-state index >= 15 is 0 Å². The summed E-state index contributed by atoms with van der Waals surface area (Å²) < 4.78 is 11.3. The molecule has 0 saturated carbocycles. The minimum Gasteiger partial charge on any atom is -0.491 e. The Labute approximate surface area is 117 Å². The van der Waals surface area contributed by atoms with Crippen LogP contribution in [-0.4, -0.2) is 26.4 Å². The molecule has 1 aromatic carbocycles. The van der Waals surface area contributed by atoms with Crippen LogP contribution in [0.5, 0.6) is 5.75 Å². The Morgan fingerprint density at radius 2 is 1.95 bits per heavy atom. The van der Waals surface area contributed by atoms with Crippen molar-refractivity contribution >= 4 is 0 Å². The molecule has 1 aromatic rings. The Hall–Kier alpha value is -1.06. The molecule has 0 unspecified atom stereocenters. The molecule has 0 saturated heterocycles. The summed E-state index contributed by atoms with van der Waals surface area (Å²) in [6, 6.07) is 8.18. The van der Waals surface area contributed by atoms with Gasteiger partial charge in [0.25, 0.3) is 0 Å². The highest BCUT2D eigenvalue weighted by Crippen LogP contribution is 2.17. The summed E-state index contributed by atoms with van der Waals surface area (Å²) >= 11 is 0. The summed E-state index contributed by atoms with van der Waals surface area (Å²) in [6.45, 7) is 10.4. The van der Waals surface area contributed by atoms with Gasteiger partial charge in [-0.15, -0.1) is 0 Å². The standard InChI is InChI=1S/C16H27NO2/c1-4-9-17-12-15-7-5-6-8-16(15)19-11-10-18-13-14(2)3/h5-8,14,17H,4,9-13H2,1-3H3. The second-order valence-electron chi connectivity index (χ2n) is 5.10. The van der Waals surface area contributed by atoms with E-state index in [0.717, 1.165) is 31.9 Å². The Morgan fingerprint density at radius 3 is 2.68 bits per heavy atom. The van der Waals surface area contributed by atoms with E-state index in [4.69, 9.17) is 9.47 Å². The second-order valence-corrected chi connectivity index (χ2v) is 5.10. The normalized spacial score (nSPS) is 10.9. The highest BCUT2D eigenvalue weighted by Gasteiger charge is 2.02. The van der Waals surface area contributed by atoms with Crippen molar-refractivity contribution in [1.82, 2.24) is 5.32 Å². The smallest absolute Gasteiger partial charge is 0.123 e. The van der Waals surface area contributed by atoms with E-state index in [-0.39, 0.29) is 0 Å². The molecule has 0 aromatic heterocycles. The van der Waals surface area contributed by atoms with Crippen LogP contribution >= 0.6 is 0 Å². The highest BCUT2D eigenvalue weighted by molar-refractivity contribution is 5.33. The maximum Gasteiger partial charge on any atom is 0.123 e. The lowest BCUT2D eigenvalue weighted by atomic mass is 10.2. The van der Waals surface area contributed by atoms with Crippen molar-refractivity contribution in [2.75, 3.05) is 26.4 Å². The van der Waals surface area contributed by atoms with Crippen molar-refractivity contribution in [3.05, 3.63) is 29.8 Å². The van der Waals surface area contributed by atoms with E-state index in [1.807, 2.05) is 18.2 Å². The van der Waals surface area contributed by atoms with Crippen LogP contribution in [0.2, 0.25) is 0 Å². The number of rotatable bonds is 10. The van der Waals surface area contributed by atoms with Crippen molar-refractivity contribution in [1.29, 1.82) is 0 Å². The fourth-order valence-corrected chi connectivity index (χ4v) is 1.72. The molecule has 0 amide bonds. The maximum absolute atomic E-state index is 5.78. The predicted octanol–water partition coefficient (Wildman–Crippen LogP) is 3.24. The van der Waals surface area contributed by atoms with Crippen molar-refractivity contribution in [2.24, 2.45) is 5.92 Å². The van der Waals surface area contributed by atoms with E-state index in [9.17, 15) is 0 Å². The molecule has 19 heavy (non-hydrogen) atoms. The minimum absolute atomic E-state index is 0.575. The molecule has 1 N–H and O–H groups in total. The van der Waals surface area contributed by atoms with Gasteiger partial charge in [0.2, 0.25) is 0 Å². The van der Waals surface area contributed by atoms with Crippen molar-refractivity contribution in [2.45, 2.75) is 33.7 Å². The molecule has 3 nitrogen and oxygen atoms in total. The SMILES string of the molecule is CCCNCc1ccccc1OCCOCC(C)C. The number of nitrogens with one attached hydrogen (secondary N) is 1. The van der Waals surface area contributed by atoms with Gasteiger partial charge in [0, 0.05) is 18.7 Å². The van der Waals surface area contributed by atoms with Gasteiger partial charge >= 0.3 is 0 Å². The number of para-hydroxylation sites is 1. The molecule has 0 heterocycles. The van der Waals surface area contributed by atoms with Gasteiger partial charge in [0.1, 0.15) is 12.4 Å². The van der Waals surface area contributed by atoms with Crippen LogP contribution in [0.4, 0.5) is 0 Å². The Kier molecular flexibility index (Phi) is 8.26. The minimum atomic E-state index is 0.575. The van der Waals surface area contributed by atoms with Crippen LogP contribution in [0.15, 0.2) is 24.3 Å². The van der Waals surface area contributed by atoms with Crippen molar-refractivity contribution in [3.8, 4) is 5.75 Å². The van der Waals surface area contributed by atoms with Gasteiger partial charge in [-0.25, -0.2) is 0 Å². The van der Waals surface area contributed by atoms with Crippen molar-refractivity contribution < 1.29 is 9.47 Å². The van der Waals surface area contributed by atoms with Gasteiger partial charge in [-0.2, -0.15) is 0 Å². The van der Waals surface area contributed by atoms with Gasteiger partial charge in [0.15, 0.2) is 0 Å². The first-order chi connectivity index (χ1) is 9.24. The maximum atomic E-state index is 5.78. The van der Waals surface area contributed by atoms with Gasteiger partial charge in [-0.1, -0.05) is 39.0 Å². The quantitative estimate of drug-likeness (QED) is 0.659. The fraction of sp³-hybridized carbons (Fsp3) is 0.625. The average molecular weight is 265 g/mol. The third-order valence-corrected chi connectivity index (χ3v) is 2.65. The second kappa shape index (κ2) is 9.82. The molecule has 0 aliphatic carbocycles. The Bertz CT molecular complexity index is 339. The van der Waals surface area contributed by atoms with Crippen LogP contribution in [0.25, 0.3) is 0 Å². The Balaban J connectivity index is 2.31. The molecule has 0 radical (unpaired) electrons. The first-order valence-electron chi connectivity index (χ1n) is 7.23. The average Bonchev–Trinajstić information content (AvgIpc) is 2.40. The molecule has 0 bridgehead atoms. The molecule has 0 atom stereocenters. The summed E-state index contributed by atoms with van der Waals surface area (Å²) in [5, 5.41) is 3.40. The van der Waals surface area contributed by atoms with E-state index in [1.165, 1.54) is 5.56 Å². The number of benzene rings is 1. The number of hydrogen-bond acceptors (Lipinski definition) is 3. The topological polar surface area (TPSA) is 30.5 Å². The van der Waals surface area contributed by atoms with E-state index < -0.39 is 0 Å². The number of ether oxygens (including phenoxy) is 2. The largest absolute Gasteiger partial charge is 0.491 e. The Morgan fingerprint density at radius 1 is 1.16 bits per heavy atom. The van der Waals surface area contributed by atoms with Crippen LogP contribution in [0, 0.1) is 5.92 Å². The zero-order valence-corrected chi connectivity index (χ0v) is 12.4. The lowest BCUT2D eigenvalue weighted by molar-refractivity contribution is 0.0816. The monoisotopic (exact) mass is 265 g/mol. The summed E-state index contributed by atoms with van der Waals surface area (Å²) in [7, 11) is 0. The molecular formula is C16H27NO2. The third kappa shape index (κ3) is 7.19. The van der Waals surface area contributed by atoms with E-state index in [2.05, 4.69) is 32.2 Å². The number of hydrogen-bond donors (Lipinski definition) is 1. The third-order valence-electron chi connectivity index (χ3n) is 2.65. The fourth-order valence-electron chi connectivity index (χ4n) is 1.72. The van der Waals surface area contributed by atoms with Crippen LogP contribution in [-0.2, 0) is 11.3 Å². The molecule has 0 aliphatic rings. The van der Waals surface area contributed by atoms with Crippen LogP contribution < -0.4 is 10.1 Å². The molecule has 1 rings (SSSR count). The van der Waals surface area contributed by atoms with Crippen LogP contribution in [0.3, 0.4) is 0 Å². The summed E-state index contributed by atoms with van der Waals surface area (Å²) in [6.07, 6.45) is 1.14. The van der Waals surface area contributed by atoms with Crippen molar-refractivity contribution in [3.63, 3.8) is 0 Å². The first kappa shape index (κ1) is 16.0. The van der Waals surface area contributed by atoms with Gasteiger partial charge in [-0.05, 0) is 24.9 Å². The van der Waals surface area contributed by atoms with Gasteiger partial charge in [-0.3, -0.25) is 0 Å². The van der Waals surface area contributed by atoms with E-state index in [0.29, 0.717) is 19.1 Å². The highest BCUT2D eigenvalue weighted by atomic mass is 16.5. The molecule has 0 spiro atoms. The predicted molar refractivity (Wildman–Crippen MR) is 79.6 cm³/mol. The molecule has 3 heteroatoms. The lowest BCUT2D eigenvalue weighted by Crippen LogP contribution is -2.15. The van der Waals surface area contributed by atoms with E-state index in [1.54, 1.807) is 0 Å². The summed E-state index contributed by atoms with van der Waals surface area (Å²) in [4.78, 5) is 0. The zero-order chi connectivity index (χ0) is 13.9. The molecule has 0 fully saturated rings. The lowest BCUT2D eigenvalue weighted by Gasteiger charge is -2.12. The summed E-state index contributed by atoms with van der Waals surface area (Å²) in [5.74, 6) is 1.53.